The zero-order valence-electron chi connectivity index (χ0n) is 13.2. The first-order valence-corrected chi connectivity index (χ1v) is 7.14. The highest BCUT2D eigenvalue weighted by Gasteiger charge is 2.38. The molecule has 0 fully saturated rings. The molecular weight excluding hydrogens is 343 g/mol. The maximum atomic E-state index is 12.4. The maximum absolute atomic E-state index is 12.4. The second-order valence-corrected chi connectivity index (χ2v) is 5.53. The van der Waals surface area contributed by atoms with Crippen molar-refractivity contribution >= 4 is 11.9 Å². The Balaban J connectivity index is 2.15. The fourth-order valence-electron chi connectivity index (χ4n) is 1.96. The summed E-state index contributed by atoms with van der Waals surface area (Å²) in [5.41, 5.74) is 0.365. The zero-order valence-corrected chi connectivity index (χ0v) is 13.2. The van der Waals surface area contributed by atoms with Crippen LogP contribution in [-0.4, -0.2) is 33.2 Å². The number of aromatic nitrogens is 2. The van der Waals surface area contributed by atoms with E-state index in [1.165, 1.54) is 24.3 Å². The van der Waals surface area contributed by atoms with Crippen LogP contribution >= 0.6 is 0 Å². The molecule has 0 saturated carbocycles. The first-order chi connectivity index (χ1) is 11.6. The highest BCUT2D eigenvalue weighted by molar-refractivity contribution is 5.96. The Morgan fingerprint density at radius 3 is 2.24 bits per heavy atom. The van der Waals surface area contributed by atoms with Gasteiger partial charge < -0.3 is 14.9 Å². The summed E-state index contributed by atoms with van der Waals surface area (Å²) in [7, 11) is 0. The Morgan fingerprint density at radius 2 is 1.80 bits per heavy atom. The van der Waals surface area contributed by atoms with E-state index in [9.17, 15) is 22.8 Å². The molecule has 0 aliphatic carbocycles. The molecule has 1 aromatic carbocycles. The molecule has 2 rings (SSSR count). The number of halogens is 3. The topological polar surface area (TPSA) is 105 Å². The van der Waals surface area contributed by atoms with Crippen molar-refractivity contribution in [3.63, 3.8) is 0 Å². The van der Waals surface area contributed by atoms with Crippen LogP contribution < -0.4 is 5.32 Å². The Kier molecular flexibility index (Phi) is 5.10. The fourth-order valence-corrected chi connectivity index (χ4v) is 1.96. The van der Waals surface area contributed by atoms with Gasteiger partial charge in [-0.3, -0.25) is 4.79 Å². The largest absolute Gasteiger partial charge is 0.480 e. The van der Waals surface area contributed by atoms with Crippen LogP contribution in [0.15, 0.2) is 28.8 Å². The highest BCUT2D eigenvalue weighted by atomic mass is 19.4. The van der Waals surface area contributed by atoms with E-state index >= 15 is 0 Å². The minimum atomic E-state index is -4.74. The summed E-state index contributed by atoms with van der Waals surface area (Å²) in [5.74, 6) is -3.83. The summed E-state index contributed by atoms with van der Waals surface area (Å²) >= 11 is 0. The average Bonchev–Trinajstić information content (AvgIpc) is 3.02. The van der Waals surface area contributed by atoms with Gasteiger partial charge >= 0.3 is 18.0 Å². The Bertz CT molecular complexity index is 769. The van der Waals surface area contributed by atoms with Crippen LogP contribution in [0.2, 0.25) is 0 Å². The summed E-state index contributed by atoms with van der Waals surface area (Å²) in [6, 6.07) is 4.27. The van der Waals surface area contributed by atoms with Gasteiger partial charge in [-0.2, -0.15) is 18.2 Å². The summed E-state index contributed by atoms with van der Waals surface area (Å²) in [4.78, 5) is 26.4. The maximum Gasteiger partial charge on any atom is 0.471 e. The van der Waals surface area contributed by atoms with E-state index in [0.717, 1.165) is 0 Å². The number of carbonyl (C=O) groups is 2. The fraction of sp³-hybridized carbons (Fsp3) is 0.333. The van der Waals surface area contributed by atoms with Crippen LogP contribution in [0.25, 0.3) is 11.4 Å². The van der Waals surface area contributed by atoms with Gasteiger partial charge in [-0.1, -0.05) is 31.1 Å². The molecular formula is C15H14F3N3O4. The Labute approximate surface area is 139 Å². The van der Waals surface area contributed by atoms with Crippen molar-refractivity contribution in [2.24, 2.45) is 5.92 Å². The van der Waals surface area contributed by atoms with Gasteiger partial charge in [0.2, 0.25) is 5.82 Å². The van der Waals surface area contributed by atoms with Crippen LogP contribution in [-0.2, 0) is 11.0 Å². The number of hydrogen-bond acceptors (Lipinski definition) is 5. The van der Waals surface area contributed by atoms with Crippen LogP contribution in [0.1, 0.15) is 30.1 Å². The number of amides is 1. The number of nitrogens with zero attached hydrogens (tertiary/aromatic N) is 2. The number of carboxylic acids is 1. The Hall–Kier alpha value is -2.91. The molecule has 2 aromatic rings. The molecule has 0 aliphatic rings. The number of aliphatic carboxylic acids is 1. The standard InChI is InChI=1S/C15H14F3N3O4/c1-7(2)10(13(23)24)19-12(22)9-5-3-8(4-6-9)11-20-14(25-21-11)15(16,17)18/h3-7,10H,1-2H3,(H,19,22)(H,23,24)/t10-/m0/s1. The molecule has 1 aromatic heterocycles. The minimum absolute atomic E-state index is 0.148. The molecule has 0 spiro atoms. The van der Waals surface area contributed by atoms with Crippen molar-refractivity contribution in [2.45, 2.75) is 26.1 Å². The lowest BCUT2D eigenvalue weighted by atomic mass is 10.0. The third-order valence-electron chi connectivity index (χ3n) is 3.29. The number of benzene rings is 1. The third-order valence-corrected chi connectivity index (χ3v) is 3.29. The minimum Gasteiger partial charge on any atom is -0.480 e. The van der Waals surface area contributed by atoms with Gasteiger partial charge in [0.15, 0.2) is 0 Å². The Morgan fingerprint density at radius 1 is 1.20 bits per heavy atom. The number of rotatable bonds is 5. The SMILES string of the molecule is CC(C)[C@H](NC(=O)c1ccc(-c2noc(C(F)(F)F)n2)cc1)C(=O)O. The quantitative estimate of drug-likeness (QED) is 0.852. The molecule has 7 nitrogen and oxygen atoms in total. The summed E-state index contributed by atoms with van der Waals surface area (Å²) in [6.45, 7) is 3.30. The van der Waals surface area contributed by atoms with Crippen molar-refractivity contribution < 1.29 is 32.4 Å². The molecule has 10 heteroatoms. The molecule has 2 N–H and O–H groups in total. The van der Waals surface area contributed by atoms with E-state index in [2.05, 4.69) is 20.0 Å². The summed E-state index contributed by atoms with van der Waals surface area (Å²) < 4.78 is 41.5. The van der Waals surface area contributed by atoms with Crippen LogP contribution in [0, 0.1) is 5.92 Å². The van der Waals surface area contributed by atoms with Crippen LogP contribution in [0.3, 0.4) is 0 Å². The first kappa shape index (κ1) is 18.4. The number of carboxylic acid groups (broad SMARTS) is 1. The normalized spacial score (nSPS) is 12.9. The average molecular weight is 357 g/mol. The monoisotopic (exact) mass is 357 g/mol. The van der Waals surface area contributed by atoms with Gasteiger partial charge in [0.1, 0.15) is 6.04 Å². The van der Waals surface area contributed by atoms with Gasteiger partial charge in [0.05, 0.1) is 0 Å². The van der Waals surface area contributed by atoms with Gasteiger partial charge in [0.25, 0.3) is 5.91 Å². The number of nitrogens with one attached hydrogen (secondary N) is 1. The first-order valence-electron chi connectivity index (χ1n) is 7.14. The lowest BCUT2D eigenvalue weighted by Crippen LogP contribution is -2.44. The van der Waals surface area contributed by atoms with Gasteiger partial charge in [0, 0.05) is 11.1 Å². The smallest absolute Gasteiger partial charge is 0.471 e. The molecule has 134 valence electrons. The lowest BCUT2D eigenvalue weighted by molar-refractivity contribution is -0.159. The number of alkyl halides is 3. The third kappa shape index (κ3) is 4.34. The van der Waals surface area contributed by atoms with E-state index in [1.54, 1.807) is 13.8 Å². The molecule has 0 bridgehead atoms. The highest BCUT2D eigenvalue weighted by Crippen LogP contribution is 2.29. The molecule has 0 saturated heterocycles. The van der Waals surface area contributed by atoms with Crippen molar-refractivity contribution in [3.8, 4) is 11.4 Å². The second kappa shape index (κ2) is 6.91. The van der Waals surface area contributed by atoms with E-state index in [-0.39, 0.29) is 22.9 Å². The van der Waals surface area contributed by atoms with Crippen molar-refractivity contribution in [1.29, 1.82) is 0 Å². The van der Waals surface area contributed by atoms with Gasteiger partial charge in [-0.15, -0.1) is 0 Å². The van der Waals surface area contributed by atoms with Crippen molar-refractivity contribution in [2.75, 3.05) is 0 Å². The number of hydrogen-bond donors (Lipinski definition) is 2. The molecule has 0 unspecified atom stereocenters. The molecule has 0 aliphatic heterocycles. The van der Waals surface area contributed by atoms with Gasteiger partial charge in [-0.25, -0.2) is 4.79 Å². The van der Waals surface area contributed by atoms with Crippen molar-refractivity contribution in [1.82, 2.24) is 15.5 Å². The van der Waals surface area contributed by atoms with E-state index in [0.29, 0.717) is 0 Å². The summed E-state index contributed by atoms with van der Waals surface area (Å²) in [6.07, 6.45) is -4.74. The van der Waals surface area contributed by atoms with E-state index in [1.807, 2.05) is 0 Å². The second-order valence-electron chi connectivity index (χ2n) is 5.53. The van der Waals surface area contributed by atoms with E-state index < -0.39 is 30.0 Å². The molecule has 25 heavy (non-hydrogen) atoms. The van der Waals surface area contributed by atoms with Gasteiger partial charge in [-0.05, 0) is 18.1 Å². The molecule has 1 amide bonds. The molecule has 0 radical (unpaired) electrons. The zero-order chi connectivity index (χ0) is 18.8. The lowest BCUT2D eigenvalue weighted by Gasteiger charge is -2.17. The van der Waals surface area contributed by atoms with E-state index in [4.69, 9.17) is 5.11 Å². The predicted octanol–water partition coefficient (Wildman–Crippen LogP) is 2.59. The van der Waals surface area contributed by atoms with Crippen molar-refractivity contribution in [3.05, 3.63) is 35.7 Å². The molecule has 1 atom stereocenters. The van der Waals surface area contributed by atoms with Crippen LogP contribution in [0.4, 0.5) is 13.2 Å². The molecule has 1 heterocycles. The number of carbonyl (C=O) groups excluding carboxylic acids is 1. The van der Waals surface area contributed by atoms with Crippen LogP contribution in [0.5, 0.6) is 0 Å². The predicted molar refractivity (Wildman–Crippen MR) is 78.5 cm³/mol. The summed E-state index contributed by atoms with van der Waals surface area (Å²) in [5, 5.41) is 14.7.